The Balaban J connectivity index is 2.06. The van der Waals surface area contributed by atoms with Crippen LogP contribution in [-0.2, 0) is 14.8 Å². The van der Waals surface area contributed by atoms with Crippen LogP contribution in [0.3, 0.4) is 0 Å². The Bertz CT molecular complexity index is 528. The zero-order valence-corrected chi connectivity index (χ0v) is 13.0. The summed E-state index contributed by atoms with van der Waals surface area (Å²) in [5, 5.41) is 6.71. The molecule has 2 heterocycles. The molecule has 0 atom stereocenters. The average Bonchev–Trinajstić information content (AvgIpc) is 2.77. The van der Waals surface area contributed by atoms with E-state index in [-0.39, 0.29) is 0 Å². The van der Waals surface area contributed by atoms with Crippen molar-refractivity contribution in [2.45, 2.75) is 18.7 Å². The smallest absolute Gasteiger partial charge is 0.246 e. The molecule has 1 fully saturated rings. The molecule has 0 saturated carbocycles. The van der Waals surface area contributed by atoms with Crippen molar-refractivity contribution in [2.75, 3.05) is 46.4 Å². The number of hydrogen-bond donors (Lipinski definition) is 1. The van der Waals surface area contributed by atoms with Gasteiger partial charge in [0.2, 0.25) is 10.0 Å². The largest absolute Gasteiger partial charge is 0.383 e. The van der Waals surface area contributed by atoms with Crippen LogP contribution in [0.1, 0.15) is 11.4 Å². The number of nitrogens with zero attached hydrogens (tertiary/aromatic N) is 3. The van der Waals surface area contributed by atoms with Gasteiger partial charge in [0.05, 0.1) is 18.0 Å². The molecule has 0 aliphatic carbocycles. The van der Waals surface area contributed by atoms with Crippen molar-refractivity contribution in [3.63, 3.8) is 0 Å². The molecule has 1 aromatic heterocycles. The number of aromatic amines is 1. The van der Waals surface area contributed by atoms with E-state index in [4.69, 9.17) is 4.74 Å². The van der Waals surface area contributed by atoms with Crippen molar-refractivity contribution in [3.8, 4) is 0 Å². The Labute approximate surface area is 120 Å². The van der Waals surface area contributed by atoms with Crippen molar-refractivity contribution >= 4 is 10.0 Å². The fourth-order valence-electron chi connectivity index (χ4n) is 2.46. The quantitative estimate of drug-likeness (QED) is 0.827. The van der Waals surface area contributed by atoms with Crippen LogP contribution in [-0.4, -0.2) is 74.3 Å². The first-order valence-corrected chi connectivity index (χ1v) is 8.14. The monoisotopic (exact) mass is 302 g/mol. The zero-order valence-electron chi connectivity index (χ0n) is 12.2. The van der Waals surface area contributed by atoms with E-state index in [1.54, 1.807) is 25.3 Å². The SMILES string of the molecule is COCCN1CCN(S(=O)(=O)c2c(C)n[nH]c2C)CC1. The summed E-state index contributed by atoms with van der Waals surface area (Å²) in [4.78, 5) is 2.53. The van der Waals surface area contributed by atoms with Gasteiger partial charge in [-0.2, -0.15) is 9.40 Å². The topological polar surface area (TPSA) is 78.5 Å². The van der Waals surface area contributed by atoms with Crippen molar-refractivity contribution in [2.24, 2.45) is 0 Å². The highest BCUT2D eigenvalue weighted by Gasteiger charge is 2.31. The minimum atomic E-state index is -3.44. The van der Waals surface area contributed by atoms with Crippen LogP contribution in [0.4, 0.5) is 0 Å². The van der Waals surface area contributed by atoms with Crippen LogP contribution < -0.4 is 0 Å². The summed E-state index contributed by atoms with van der Waals surface area (Å²) in [6.07, 6.45) is 0. The number of ether oxygens (including phenoxy) is 1. The van der Waals surface area contributed by atoms with Crippen LogP contribution in [0.15, 0.2) is 4.90 Å². The Morgan fingerprint density at radius 2 is 1.90 bits per heavy atom. The van der Waals surface area contributed by atoms with Gasteiger partial charge >= 0.3 is 0 Å². The lowest BCUT2D eigenvalue weighted by atomic mass is 10.3. The number of hydrogen-bond acceptors (Lipinski definition) is 5. The van der Waals surface area contributed by atoms with Gasteiger partial charge in [-0.25, -0.2) is 8.42 Å². The fourth-order valence-corrected chi connectivity index (χ4v) is 4.22. The number of sulfonamides is 1. The molecular weight excluding hydrogens is 280 g/mol. The first-order valence-electron chi connectivity index (χ1n) is 6.70. The molecule has 1 aromatic rings. The Morgan fingerprint density at radius 1 is 1.25 bits per heavy atom. The maximum absolute atomic E-state index is 12.6. The lowest BCUT2D eigenvalue weighted by Crippen LogP contribution is -2.49. The molecular formula is C12H22N4O3S. The summed E-state index contributed by atoms with van der Waals surface area (Å²) in [6, 6.07) is 0. The predicted molar refractivity (Wildman–Crippen MR) is 75.1 cm³/mol. The third-order valence-corrected chi connectivity index (χ3v) is 5.76. The van der Waals surface area contributed by atoms with Gasteiger partial charge in [0.25, 0.3) is 0 Å². The molecule has 114 valence electrons. The third-order valence-electron chi connectivity index (χ3n) is 3.60. The van der Waals surface area contributed by atoms with Crippen molar-refractivity contribution in [1.29, 1.82) is 0 Å². The molecule has 1 aliphatic heterocycles. The van der Waals surface area contributed by atoms with Gasteiger partial charge in [0.1, 0.15) is 4.90 Å². The average molecular weight is 302 g/mol. The molecule has 0 spiro atoms. The molecule has 1 aliphatic rings. The minimum Gasteiger partial charge on any atom is -0.383 e. The number of H-pyrrole nitrogens is 1. The second-order valence-corrected chi connectivity index (χ2v) is 6.88. The zero-order chi connectivity index (χ0) is 14.8. The maximum atomic E-state index is 12.6. The predicted octanol–water partition coefficient (Wildman–Crippen LogP) is -0.0208. The first-order chi connectivity index (χ1) is 9.46. The van der Waals surface area contributed by atoms with E-state index in [1.807, 2.05) is 0 Å². The van der Waals surface area contributed by atoms with Crippen LogP contribution in [0.25, 0.3) is 0 Å². The van der Waals surface area contributed by atoms with Crippen LogP contribution >= 0.6 is 0 Å². The number of aryl methyl sites for hydroxylation is 2. The van der Waals surface area contributed by atoms with Gasteiger partial charge < -0.3 is 4.74 Å². The number of methoxy groups -OCH3 is 1. The van der Waals surface area contributed by atoms with Crippen LogP contribution in [0.5, 0.6) is 0 Å². The van der Waals surface area contributed by atoms with Crippen LogP contribution in [0.2, 0.25) is 0 Å². The molecule has 1 saturated heterocycles. The molecule has 8 heteroatoms. The molecule has 0 radical (unpaired) electrons. The van der Waals surface area contributed by atoms with Gasteiger partial charge in [-0.1, -0.05) is 0 Å². The van der Waals surface area contributed by atoms with Crippen molar-refractivity contribution in [3.05, 3.63) is 11.4 Å². The summed E-state index contributed by atoms with van der Waals surface area (Å²) in [6.45, 7) is 7.46. The lowest BCUT2D eigenvalue weighted by Gasteiger charge is -2.33. The van der Waals surface area contributed by atoms with Gasteiger partial charge in [-0.05, 0) is 13.8 Å². The van der Waals surface area contributed by atoms with Crippen molar-refractivity contribution < 1.29 is 13.2 Å². The summed E-state index contributed by atoms with van der Waals surface area (Å²) in [7, 11) is -1.77. The molecule has 1 N–H and O–H groups in total. The lowest BCUT2D eigenvalue weighted by molar-refractivity contribution is 0.123. The Kier molecular flexibility index (Phi) is 4.79. The van der Waals surface area contributed by atoms with E-state index in [1.165, 1.54) is 0 Å². The highest BCUT2D eigenvalue weighted by atomic mass is 32.2. The standard InChI is InChI=1S/C12H22N4O3S/c1-10-12(11(2)14-13-10)20(17,18)16-6-4-15(5-7-16)8-9-19-3/h4-9H2,1-3H3,(H,13,14). The van der Waals surface area contributed by atoms with E-state index >= 15 is 0 Å². The van der Waals surface area contributed by atoms with Gasteiger partial charge in [-0.15, -0.1) is 0 Å². The van der Waals surface area contributed by atoms with E-state index in [2.05, 4.69) is 15.1 Å². The summed E-state index contributed by atoms with van der Waals surface area (Å²) >= 11 is 0. The Hall–Kier alpha value is -0.960. The molecule has 7 nitrogen and oxygen atoms in total. The normalized spacial score (nSPS) is 18.6. The number of aromatic nitrogens is 2. The van der Waals surface area contributed by atoms with E-state index < -0.39 is 10.0 Å². The Morgan fingerprint density at radius 3 is 2.40 bits per heavy atom. The molecule has 2 rings (SSSR count). The third kappa shape index (κ3) is 3.03. The number of nitrogens with one attached hydrogen (secondary N) is 1. The van der Waals surface area contributed by atoms with Crippen molar-refractivity contribution in [1.82, 2.24) is 19.4 Å². The highest BCUT2D eigenvalue weighted by Crippen LogP contribution is 2.22. The van der Waals surface area contributed by atoms with E-state index in [0.29, 0.717) is 36.0 Å². The van der Waals surface area contributed by atoms with E-state index in [0.717, 1.165) is 19.6 Å². The van der Waals surface area contributed by atoms with Gasteiger partial charge in [0, 0.05) is 39.8 Å². The molecule has 0 aromatic carbocycles. The summed E-state index contributed by atoms with van der Waals surface area (Å²) in [5.74, 6) is 0. The molecule has 0 unspecified atom stereocenters. The summed E-state index contributed by atoms with van der Waals surface area (Å²) < 4.78 is 31.9. The van der Waals surface area contributed by atoms with Crippen LogP contribution in [0, 0.1) is 13.8 Å². The summed E-state index contributed by atoms with van der Waals surface area (Å²) in [5.41, 5.74) is 1.13. The maximum Gasteiger partial charge on any atom is 0.246 e. The fraction of sp³-hybridized carbons (Fsp3) is 0.750. The van der Waals surface area contributed by atoms with Gasteiger partial charge in [0.15, 0.2) is 0 Å². The van der Waals surface area contributed by atoms with Gasteiger partial charge in [-0.3, -0.25) is 10.00 Å². The number of piperazine rings is 1. The second-order valence-electron chi connectivity index (χ2n) is 5.00. The molecule has 0 amide bonds. The number of rotatable bonds is 5. The molecule has 20 heavy (non-hydrogen) atoms. The molecule has 0 bridgehead atoms. The highest BCUT2D eigenvalue weighted by molar-refractivity contribution is 7.89. The minimum absolute atomic E-state index is 0.322. The second kappa shape index (κ2) is 6.21. The first kappa shape index (κ1) is 15.4. The van der Waals surface area contributed by atoms with E-state index in [9.17, 15) is 8.42 Å².